The molecular weight excluding hydrogens is 300 g/mol. The number of hydrogen-bond donors (Lipinski definition) is 1. The van der Waals surface area contributed by atoms with Crippen LogP contribution in [0.25, 0.3) is 11.3 Å². The fourth-order valence-corrected chi connectivity index (χ4v) is 2.91. The zero-order chi connectivity index (χ0) is 17.3. The van der Waals surface area contributed by atoms with Gasteiger partial charge in [0.05, 0.1) is 17.2 Å². The standard InChI is InChI=1S/C19H22N4O/c1-19(2,12-20)16-8-7-14(21-18(24)13-5-4-6-13)11-15(16)17-9-10-23(3)22-17/h7-11,13H,4-6H2,1-3H3,(H,21,24). The highest BCUT2D eigenvalue weighted by Crippen LogP contribution is 2.35. The third-order valence-corrected chi connectivity index (χ3v) is 4.71. The van der Waals surface area contributed by atoms with Crippen LogP contribution in [0, 0.1) is 17.2 Å². The summed E-state index contributed by atoms with van der Waals surface area (Å²) in [6, 6.07) is 9.99. The maximum atomic E-state index is 12.2. The minimum atomic E-state index is -0.636. The van der Waals surface area contributed by atoms with Crippen LogP contribution in [0.3, 0.4) is 0 Å². The lowest BCUT2D eigenvalue weighted by atomic mass is 9.82. The van der Waals surface area contributed by atoms with Crippen molar-refractivity contribution in [2.24, 2.45) is 13.0 Å². The van der Waals surface area contributed by atoms with Gasteiger partial charge in [-0.1, -0.05) is 12.5 Å². The van der Waals surface area contributed by atoms with Gasteiger partial charge in [0.25, 0.3) is 0 Å². The van der Waals surface area contributed by atoms with Crippen LogP contribution < -0.4 is 5.32 Å². The van der Waals surface area contributed by atoms with Gasteiger partial charge in [-0.25, -0.2) is 0 Å². The van der Waals surface area contributed by atoms with Gasteiger partial charge in [0, 0.05) is 30.4 Å². The van der Waals surface area contributed by atoms with Crippen molar-refractivity contribution in [3.05, 3.63) is 36.0 Å². The number of nitrogens with zero attached hydrogens (tertiary/aromatic N) is 3. The minimum absolute atomic E-state index is 0.0838. The molecule has 1 N–H and O–H groups in total. The molecule has 1 aliphatic carbocycles. The lowest BCUT2D eigenvalue weighted by Crippen LogP contribution is -2.28. The molecule has 124 valence electrons. The predicted octanol–water partition coefficient (Wildman–Crippen LogP) is 3.63. The summed E-state index contributed by atoms with van der Waals surface area (Å²) >= 11 is 0. The lowest BCUT2D eigenvalue weighted by Gasteiger charge is -2.25. The normalized spacial score (nSPS) is 14.8. The molecule has 1 fully saturated rings. The first kappa shape index (κ1) is 16.3. The molecule has 0 saturated heterocycles. The molecule has 0 aliphatic heterocycles. The van der Waals surface area contributed by atoms with E-state index >= 15 is 0 Å². The number of rotatable bonds is 4. The molecule has 0 radical (unpaired) electrons. The number of anilines is 1. The number of carbonyl (C=O) groups excluding carboxylic acids is 1. The summed E-state index contributed by atoms with van der Waals surface area (Å²) in [7, 11) is 1.86. The number of nitrogens with one attached hydrogen (secondary N) is 1. The van der Waals surface area contributed by atoms with Gasteiger partial charge < -0.3 is 5.32 Å². The highest BCUT2D eigenvalue weighted by molar-refractivity contribution is 5.93. The molecule has 1 amide bonds. The highest BCUT2D eigenvalue weighted by Gasteiger charge is 2.27. The van der Waals surface area contributed by atoms with E-state index in [1.54, 1.807) is 4.68 Å². The Morgan fingerprint density at radius 2 is 2.12 bits per heavy atom. The molecule has 0 atom stereocenters. The van der Waals surface area contributed by atoms with Gasteiger partial charge >= 0.3 is 0 Å². The van der Waals surface area contributed by atoms with Crippen molar-refractivity contribution in [2.75, 3.05) is 5.32 Å². The molecule has 3 rings (SSSR count). The number of hydrogen-bond acceptors (Lipinski definition) is 3. The van der Waals surface area contributed by atoms with Crippen molar-refractivity contribution in [1.29, 1.82) is 5.26 Å². The van der Waals surface area contributed by atoms with E-state index in [1.165, 1.54) is 0 Å². The van der Waals surface area contributed by atoms with E-state index in [9.17, 15) is 10.1 Å². The Hall–Kier alpha value is -2.61. The largest absolute Gasteiger partial charge is 0.326 e. The Balaban J connectivity index is 1.99. The Kier molecular flexibility index (Phi) is 4.15. The summed E-state index contributed by atoms with van der Waals surface area (Å²) in [4.78, 5) is 12.2. The number of nitriles is 1. The first-order chi connectivity index (χ1) is 11.4. The number of aryl methyl sites for hydroxylation is 1. The zero-order valence-electron chi connectivity index (χ0n) is 14.3. The van der Waals surface area contributed by atoms with Crippen LogP contribution in [0.1, 0.15) is 38.7 Å². The van der Waals surface area contributed by atoms with E-state index in [2.05, 4.69) is 16.5 Å². The molecule has 1 aromatic carbocycles. The summed E-state index contributed by atoms with van der Waals surface area (Å²) < 4.78 is 1.73. The minimum Gasteiger partial charge on any atom is -0.326 e. The second-order valence-electron chi connectivity index (χ2n) is 6.99. The Bertz CT molecular complexity index is 809. The second kappa shape index (κ2) is 6.12. The average Bonchev–Trinajstić information content (AvgIpc) is 2.91. The maximum absolute atomic E-state index is 12.2. The fourth-order valence-electron chi connectivity index (χ4n) is 2.91. The van der Waals surface area contributed by atoms with Gasteiger partial charge in [-0.05, 0) is 50.5 Å². The quantitative estimate of drug-likeness (QED) is 0.934. The van der Waals surface area contributed by atoms with Crippen LogP contribution in [0.5, 0.6) is 0 Å². The van der Waals surface area contributed by atoms with Crippen LogP contribution in [0.2, 0.25) is 0 Å². The number of aromatic nitrogens is 2. The topological polar surface area (TPSA) is 70.7 Å². The summed E-state index contributed by atoms with van der Waals surface area (Å²) in [5, 5.41) is 17.0. The molecule has 0 unspecified atom stereocenters. The molecule has 5 heteroatoms. The van der Waals surface area contributed by atoms with E-state index < -0.39 is 5.41 Å². The molecule has 1 aliphatic rings. The summed E-state index contributed by atoms with van der Waals surface area (Å²) in [6.45, 7) is 3.78. The molecule has 0 bridgehead atoms. The smallest absolute Gasteiger partial charge is 0.227 e. The molecule has 24 heavy (non-hydrogen) atoms. The Morgan fingerprint density at radius 1 is 1.38 bits per heavy atom. The third kappa shape index (κ3) is 3.05. The predicted molar refractivity (Wildman–Crippen MR) is 93.3 cm³/mol. The summed E-state index contributed by atoms with van der Waals surface area (Å²) in [5.41, 5.74) is 2.71. The van der Waals surface area contributed by atoms with Gasteiger partial charge in [-0.15, -0.1) is 0 Å². The van der Waals surface area contributed by atoms with Crippen LogP contribution in [0.4, 0.5) is 5.69 Å². The van der Waals surface area contributed by atoms with Crippen LogP contribution >= 0.6 is 0 Å². The maximum Gasteiger partial charge on any atom is 0.227 e. The van der Waals surface area contributed by atoms with Crippen molar-refractivity contribution < 1.29 is 4.79 Å². The van der Waals surface area contributed by atoms with Gasteiger partial charge in [0.1, 0.15) is 0 Å². The van der Waals surface area contributed by atoms with Crippen LogP contribution in [0.15, 0.2) is 30.5 Å². The monoisotopic (exact) mass is 322 g/mol. The van der Waals surface area contributed by atoms with Crippen LogP contribution in [-0.2, 0) is 17.3 Å². The van der Waals surface area contributed by atoms with E-state index in [4.69, 9.17) is 0 Å². The zero-order valence-corrected chi connectivity index (χ0v) is 14.3. The van der Waals surface area contributed by atoms with Gasteiger partial charge in [-0.3, -0.25) is 9.48 Å². The highest BCUT2D eigenvalue weighted by atomic mass is 16.1. The van der Waals surface area contributed by atoms with Crippen molar-refractivity contribution >= 4 is 11.6 Å². The molecule has 1 saturated carbocycles. The summed E-state index contributed by atoms with van der Waals surface area (Å²) in [5.74, 6) is 0.221. The number of amides is 1. The summed E-state index contributed by atoms with van der Waals surface area (Å²) in [6.07, 6.45) is 4.95. The Morgan fingerprint density at radius 3 is 2.67 bits per heavy atom. The van der Waals surface area contributed by atoms with E-state index in [0.29, 0.717) is 0 Å². The molecule has 1 heterocycles. The Labute approximate surface area is 142 Å². The SMILES string of the molecule is Cn1ccc(-c2cc(NC(=O)C3CCC3)ccc2C(C)(C)C#N)n1. The van der Waals surface area contributed by atoms with E-state index in [1.807, 2.05) is 51.4 Å². The first-order valence-electron chi connectivity index (χ1n) is 8.27. The molecular formula is C19H22N4O. The molecule has 2 aromatic rings. The lowest BCUT2D eigenvalue weighted by molar-refractivity contribution is -0.122. The third-order valence-electron chi connectivity index (χ3n) is 4.71. The van der Waals surface area contributed by atoms with E-state index in [-0.39, 0.29) is 11.8 Å². The van der Waals surface area contributed by atoms with E-state index in [0.717, 1.165) is 41.8 Å². The first-order valence-corrected chi connectivity index (χ1v) is 8.27. The van der Waals surface area contributed by atoms with Crippen molar-refractivity contribution in [1.82, 2.24) is 9.78 Å². The molecule has 5 nitrogen and oxygen atoms in total. The van der Waals surface area contributed by atoms with Crippen LogP contribution in [-0.4, -0.2) is 15.7 Å². The number of benzene rings is 1. The van der Waals surface area contributed by atoms with Gasteiger partial charge in [0.2, 0.25) is 5.91 Å². The second-order valence-corrected chi connectivity index (χ2v) is 6.99. The van der Waals surface area contributed by atoms with Crippen molar-refractivity contribution in [3.8, 4) is 17.3 Å². The van der Waals surface area contributed by atoms with Crippen molar-refractivity contribution in [3.63, 3.8) is 0 Å². The molecule has 1 aromatic heterocycles. The molecule has 0 spiro atoms. The number of carbonyl (C=O) groups is 1. The van der Waals surface area contributed by atoms with Gasteiger partial charge in [-0.2, -0.15) is 10.4 Å². The fraction of sp³-hybridized carbons (Fsp3) is 0.421. The average molecular weight is 322 g/mol. The van der Waals surface area contributed by atoms with Gasteiger partial charge in [0.15, 0.2) is 0 Å². The van der Waals surface area contributed by atoms with Crippen molar-refractivity contribution in [2.45, 2.75) is 38.5 Å².